The van der Waals surface area contributed by atoms with Crippen LogP contribution in [0.15, 0.2) is 6.20 Å². The first-order valence-corrected chi connectivity index (χ1v) is 8.83. The molecule has 0 aromatic carbocycles. The van der Waals surface area contributed by atoms with E-state index in [1.165, 1.54) is 6.20 Å². The topological polar surface area (TPSA) is 44.7 Å². The van der Waals surface area contributed by atoms with Gasteiger partial charge < -0.3 is 14.5 Å². The maximum Gasteiger partial charge on any atom is 0.227 e. The van der Waals surface area contributed by atoms with Crippen molar-refractivity contribution in [1.29, 1.82) is 0 Å². The van der Waals surface area contributed by atoms with Crippen molar-refractivity contribution in [3.63, 3.8) is 0 Å². The van der Waals surface area contributed by atoms with Crippen molar-refractivity contribution in [2.45, 2.75) is 25.8 Å². The third kappa shape index (κ3) is 3.78. The molecular weight excluding hydrogens is 309 g/mol. The summed E-state index contributed by atoms with van der Waals surface area (Å²) < 4.78 is 19.2. The molecule has 2 saturated heterocycles. The molecule has 0 aliphatic carbocycles. The molecule has 0 saturated carbocycles. The zero-order valence-corrected chi connectivity index (χ0v) is 14.9. The van der Waals surface area contributed by atoms with Crippen LogP contribution in [0.1, 0.15) is 19.8 Å². The summed E-state index contributed by atoms with van der Waals surface area (Å²) in [4.78, 5) is 15.0. The van der Waals surface area contributed by atoms with Gasteiger partial charge in [0.05, 0.1) is 19.4 Å². The molecule has 24 heavy (non-hydrogen) atoms. The normalized spacial score (nSPS) is 21.8. The Kier molecular flexibility index (Phi) is 5.50. The van der Waals surface area contributed by atoms with E-state index in [4.69, 9.17) is 4.74 Å². The van der Waals surface area contributed by atoms with Crippen LogP contribution in [0.3, 0.4) is 0 Å². The van der Waals surface area contributed by atoms with Crippen molar-refractivity contribution in [1.82, 2.24) is 14.9 Å². The molecule has 0 radical (unpaired) electrons. The Hall–Kier alpha value is -1.47. The molecule has 0 bridgehead atoms. The molecule has 1 aromatic rings. The molecule has 2 aliphatic heterocycles. The van der Waals surface area contributed by atoms with E-state index in [2.05, 4.69) is 26.7 Å². The number of piperidine rings is 1. The number of hydrogen-bond donors (Lipinski definition) is 0. The van der Waals surface area contributed by atoms with Crippen LogP contribution in [0.4, 0.5) is 16.2 Å². The maximum absolute atomic E-state index is 13.8. The smallest absolute Gasteiger partial charge is 0.227 e. The Morgan fingerprint density at radius 2 is 1.88 bits per heavy atom. The first-order valence-electron chi connectivity index (χ1n) is 8.83. The van der Waals surface area contributed by atoms with Crippen LogP contribution in [-0.2, 0) is 4.74 Å². The minimum Gasteiger partial charge on any atom is -0.379 e. The van der Waals surface area contributed by atoms with E-state index in [1.54, 1.807) is 19.0 Å². The van der Waals surface area contributed by atoms with E-state index in [9.17, 15) is 4.39 Å². The van der Waals surface area contributed by atoms with Gasteiger partial charge in [-0.2, -0.15) is 4.98 Å². The van der Waals surface area contributed by atoms with Crippen LogP contribution < -0.4 is 9.80 Å². The van der Waals surface area contributed by atoms with Gasteiger partial charge in [0.25, 0.3) is 0 Å². The number of anilines is 2. The monoisotopic (exact) mass is 337 g/mol. The zero-order chi connectivity index (χ0) is 17.1. The third-order valence-corrected chi connectivity index (χ3v) is 5.26. The number of morpholine rings is 1. The van der Waals surface area contributed by atoms with Crippen LogP contribution in [-0.4, -0.2) is 74.4 Å². The molecule has 0 spiro atoms. The highest BCUT2D eigenvalue weighted by Crippen LogP contribution is 2.27. The molecule has 3 rings (SSSR count). The number of aromatic nitrogens is 2. The van der Waals surface area contributed by atoms with Gasteiger partial charge in [-0.05, 0) is 25.7 Å². The number of ether oxygens (including phenoxy) is 1. The summed E-state index contributed by atoms with van der Waals surface area (Å²) in [5, 5.41) is 0. The number of halogens is 1. The fourth-order valence-corrected chi connectivity index (χ4v) is 3.68. The first-order chi connectivity index (χ1) is 11.6. The molecule has 2 fully saturated rings. The Balaban J connectivity index is 1.59. The largest absolute Gasteiger partial charge is 0.379 e. The Bertz CT molecular complexity index is 542. The lowest BCUT2D eigenvalue weighted by Gasteiger charge is -2.41. The summed E-state index contributed by atoms with van der Waals surface area (Å²) in [7, 11) is 3.59. The van der Waals surface area contributed by atoms with Crippen molar-refractivity contribution in [3.05, 3.63) is 12.0 Å². The third-order valence-electron chi connectivity index (χ3n) is 5.26. The van der Waals surface area contributed by atoms with Gasteiger partial charge in [-0.25, -0.2) is 9.37 Å². The first kappa shape index (κ1) is 17.4. The van der Waals surface area contributed by atoms with E-state index < -0.39 is 0 Å². The molecule has 6 nitrogen and oxygen atoms in total. The molecular formula is C17H28FN5O. The van der Waals surface area contributed by atoms with Gasteiger partial charge in [-0.3, -0.25) is 4.90 Å². The fourth-order valence-electron chi connectivity index (χ4n) is 3.68. The summed E-state index contributed by atoms with van der Waals surface area (Å²) >= 11 is 0. The van der Waals surface area contributed by atoms with Gasteiger partial charge in [0.2, 0.25) is 5.95 Å². The molecule has 134 valence electrons. The maximum atomic E-state index is 13.8. The second kappa shape index (κ2) is 7.61. The predicted molar refractivity (Wildman–Crippen MR) is 93.1 cm³/mol. The van der Waals surface area contributed by atoms with Gasteiger partial charge >= 0.3 is 0 Å². The summed E-state index contributed by atoms with van der Waals surface area (Å²) in [6.45, 7) is 7.96. The number of nitrogens with zero attached hydrogens (tertiary/aromatic N) is 5. The molecule has 2 aliphatic rings. The van der Waals surface area contributed by atoms with Crippen LogP contribution in [0.5, 0.6) is 0 Å². The van der Waals surface area contributed by atoms with Crippen molar-refractivity contribution in [2.75, 3.05) is 63.3 Å². The van der Waals surface area contributed by atoms with Crippen molar-refractivity contribution in [2.24, 2.45) is 5.92 Å². The summed E-state index contributed by atoms with van der Waals surface area (Å²) in [6.07, 6.45) is 3.52. The molecule has 0 amide bonds. The molecule has 0 unspecified atom stereocenters. The lowest BCUT2D eigenvalue weighted by molar-refractivity contribution is 0.00446. The van der Waals surface area contributed by atoms with Crippen LogP contribution in [0.2, 0.25) is 0 Å². The van der Waals surface area contributed by atoms with Crippen molar-refractivity contribution >= 4 is 11.8 Å². The molecule has 1 aromatic heterocycles. The predicted octanol–water partition coefficient (Wildman–Crippen LogP) is 1.62. The van der Waals surface area contributed by atoms with Crippen LogP contribution in [0.25, 0.3) is 0 Å². The number of rotatable bonds is 4. The van der Waals surface area contributed by atoms with E-state index in [0.717, 1.165) is 52.2 Å². The molecule has 0 N–H and O–H groups in total. The highest BCUT2D eigenvalue weighted by Gasteiger charge is 2.29. The van der Waals surface area contributed by atoms with Crippen LogP contribution >= 0.6 is 0 Å². The van der Waals surface area contributed by atoms with E-state index in [0.29, 0.717) is 23.7 Å². The summed E-state index contributed by atoms with van der Waals surface area (Å²) in [5.41, 5.74) is 0. The fraction of sp³-hybridized carbons (Fsp3) is 0.765. The van der Waals surface area contributed by atoms with Gasteiger partial charge in [0.15, 0.2) is 11.6 Å². The average Bonchev–Trinajstić information content (AvgIpc) is 2.62. The lowest BCUT2D eigenvalue weighted by Crippen LogP contribution is -2.48. The quantitative estimate of drug-likeness (QED) is 0.832. The SMILES string of the molecule is C[C@H](C1CCN(c2ncc(F)c(N(C)C)n2)CC1)N1CCOCC1. The van der Waals surface area contributed by atoms with Crippen molar-refractivity contribution < 1.29 is 9.13 Å². The minimum atomic E-state index is -0.375. The summed E-state index contributed by atoms with van der Waals surface area (Å²) in [5.74, 6) is 1.30. The molecule has 3 heterocycles. The summed E-state index contributed by atoms with van der Waals surface area (Å²) in [6, 6.07) is 0.586. The molecule has 1 atom stereocenters. The van der Waals surface area contributed by atoms with Gasteiger partial charge in [-0.15, -0.1) is 0 Å². The second-order valence-electron chi connectivity index (χ2n) is 6.95. The van der Waals surface area contributed by atoms with E-state index in [1.807, 2.05) is 0 Å². The zero-order valence-electron chi connectivity index (χ0n) is 14.9. The Morgan fingerprint density at radius 1 is 1.21 bits per heavy atom. The number of hydrogen-bond acceptors (Lipinski definition) is 6. The minimum absolute atomic E-state index is 0.351. The Labute approximate surface area is 143 Å². The standard InChI is InChI=1S/C17H28FN5O/c1-13(22-8-10-24-11-9-22)14-4-6-23(7-5-14)17-19-12-15(18)16(20-17)21(2)3/h12-14H,4-11H2,1-3H3/t13-/m1/s1. The highest BCUT2D eigenvalue weighted by molar-refractivity contribution is 5.43. The van der Waals surface area contributed by atoms with Crippen molar-refractivity contribution in [3.8, 4) is 0 Å². The van der Waals surface area contributed by atoms with Gasteiger partial charge in [0, 0.05) is 46.3 Å². The average molecular weight is 337 g/mol. The van der Waals surface area contributed by atoms with Gasteiger partial charge in [0.1, 0.15) is 0 Å². The Morgan fingerprint density at radius 3 is 2.50 bits per heavy atom. The molecule has 7 heteroatoms. The lowest BCUT2D eigenvalue weighted by atomic mass is 9.89. The van der Waals surface area contributed by atoms with E-state index in [-0.39, 0.29) is 5.82 Å². The van der Waals surface area contributed by atoms with Gasteiger partial charge in [-0.1, -0.05) is 0 Å². The second-order valence-corrected chi connectivity index (χ2v) is 6.95. The van der Waals surface area contributed by atoms with E-state index >= 15 is 0 Å². The van der Waals surface area contributed by atoms with Crippen LogP contribution in [0, 0.1) is 11.7 Å². The highest BCUT2D eigenvalue weighted by atomic mass is 19.1.